The molecule has 2 fully saturated rings. The van der Waals surface area contributed by atoms with Crippen LogP contribution in [-0.2, 0) is 27.3 Å². The second kappa shape index (κ2) is 11.6. The molecule has 3 aromatic carbocycles. The van der Waals surface area contributed by atoms with E-state index in [2.05, 4.69) is 10.2 Å². The van der Waals surface area contributed by atoms with Crippen LogP contribution in [0.3, 0.4) is 0 Å². The largest absolute Gasteiger partial charge is 0.378 e. The third kappa shape index (κ3) is 5.86. The number of rotatable bonds is 8. The quantitative estimate of drug-likeness (QED) is 0.473. The molecule has 1 aliphatic carbocycles. The summed E-state index contributed by atoms with van der Waals surface area (Å²) >= 11 is 0. The molecule has 1 heterocycles. The number of ether oxygens (including phenoxy) is 1. The van der Waals surface area contributed by atoms with Crippen molar-refractivity contribution in [3.63, 3.8) is 0 Å². The maximum atomic E-state index is 14.0. The van der Waals surface area contributed by atoms with Crippen molar-refractivity contribution in [2.45, 2.75) is 44.2 Å². The standard InChI is InChI=1S/C31H35N3O3/c35-29(23-25-9-3-1-4-10-25)34(24-26-11-5-2-6-12-26)31(17-7-8-18-31)30(36)32-27-13-15-28(16-14-27)33-19-21-37-22-20-33/h1-6,9-16H,7-8,17-24H2,(H,32,36). The number of carbonyl (C=O) groups is 2. The van der Waals surface area contributed by atoms with E-state index in [0.29, 0.717) is 19.4 Å². The van der Waals surface area contributed by atoms with Crippen LogP contribution in [-0.4, -0.2) is 48.6 Å². The van der Waals surface area contributed by atoms with Gasteiger partial charge in [-0.05, 0) is 48.2 Å². The van der Waals surface area contributed by atoms with Gasteiger partial charge in [0.1, 0.15) is 5.54 Å². The molecule has 2 aliphatic rings. The van der Waals surface area contributed by atoms with E-state index in [1.165, 1.54) is 0 Å². The van der Waals surface area contributed by atoms with Crippen LogP contribution in [0.5, 0.6) is 0 Å². The van der Waals surface area contributed by atoms with E-state index in [4.69, 9.17) is 4.74 Å². The zero-order chi connectivity index (χ0) is 25.5. The Balaban J connectivity index is 1.39. The summed E-state index contributed by atoms with van der Waals surface area (Å²) in [4.78, 5) is 31.9. The highest BCUT2D eigenvalue weighted by Gasteiger charge is 2.48. The van der Waals surface area contributed by atoms with Gasteiger partial charge in [0.15, 0.2) is 0 Å². The maximum Gasteiger partial charge on any atom is 0.250 e. The summed E-state index contributed by atoms with van der Waals surface area (Å²) in [6.07, 6.45) is 3.45. The van der Waals surface area contributed by atoms with Crippen molar-refractivity contribution < 1.29 is 14.3 Å². The van der Waals surface area contributed by atoms with Crippen LogP contribution >= 0.6 is 0 Å². The Labute approximate surface area is 219 Å². The van der Waals surface area contributed by atoms with Crippen LogP contribution in [0.4, 0.5) is 11.4 Å². The number of amides is 2. The summed E-state index contributed by atoms with van der Waals surface area (Å²) < 4.78 is 5.46. The van der Waals surface area contributed by atoms with Gasteiger partial charge in [-0.15, -0.1) is 0 Å². The van der Waals surface area contributed by atoms with Crippen molar-refractivity contribution >= 4 is 23.2 Å². The first kappa shape index (κ1) is 25.0. The Morgan fingerprint density at radius 3 is 2.03 bits per heavy atom. The molecule has 192 valence electrons. The van der Waals surface area contributed by atoms with E-state index in [1.807, 2.05) is 89.8 Å². The topological polar surface area (TPSA) is 61.9 Å². The molecule has 1 saturated heterocycles. The average Bonchev–Trinajstić information content (AvgIpc) is 3.45. The Kier molecular flexibility index (Phi) is 7.85. The highest BCUT2D eigenvalue weighted by molar-refractivity contribution is 6.01. The van der Waals surface area contributed by atoms with Gasteiger partial charge in [0.05, 0.1) is 19.6 Å². The van der Waals surface area contributed by atoms with E-state index in [1.54, 1.807) is 0 Å². The summed E-state index contributed by atoms with van der Waals surface area (Å²) in [7, 11) is 0. The summed E-state index contributed by atoms with van der Waals surface area (Å²) in [6, 6.07) is 27.8. The Morgan fingerprint density at radius 1 is 0.811 bits per heavy atom. The molecule has 1 aliphatic heterocycles. The lowest BCUT2D eigenvalue weighted by atomic mass is 9.91. The number of anilines is 2. The molecule has 5 rings (SSSR count). The zero-order valence-corrected chi connectivity index (χ0v) is 21.3. The third-order valence-corrected chi connectivity index (χ3v) is 7.55. The first-order valence-corrected chi connectivity index (χ1v) is 13.3. The normalized spacial score (nSPS) is 16.8. The van der Waals surface area contributed by atoms with E-state index < -0.39 is 5.54 Å². The van der Waals surface area contributed by atoms with E-state index >= 15 is 0 Å². The predicted octanol–water partition coefficient (Wildman–Crippen LogP) is 5.05. The summed E-state index contributed by atoms with van der Waals surface area (Å²) in [5, 5.41) is 3.16. The van der Waals surface area contributed by atoms with Gasteiger partial charge in [-0.3, -0.25) is 9.59 Å². The molecule has 3 aromatic rings. The van der Waals surface area contributed by atoms with Crippen LogP contribution < -0.4 is 10.2 Å². The van der Waals surface area contributed by atoms with Crippen LogP contribution in [0.2, 0.25) is 0 Å². The molecule has 37 heavy (non-hydrogen) atoms. The molecular weight excluding hydrogens is 462 g/mol. The van der Waals surface area contributed by atoms with Crippen molar-refractivity contribution in [3.8, 4) is 0 Å². The molecule has 2 amide bonds. The van der Waals surface area contributed by atoms with Gasteiger partial charge in [0.2, 0.25) is 11.8 Å². The molecule has 1 N–H and O–H groups in total. The van der Waals surface area contributed by atoms with Crippen LogP contribution in [0.15, 0.2) is 84.9 Å². The number of nitrogens with one attached hydrogen (secondary N) is 1. The van der Waals surface area contributed by atoms with Gasteiger partial charge in [0, 0.05) is 31.0 Å². The summed E-state index contributed by atoms with van der Waals surface area (Å²) in [6.45, 7) is 3.61. The van der Waals surface area contributed by atoms with Gasteiger partial charge >= 0.3 is 0 Å². The molecule has 0 bridgehead atoms. The fraction of sp³-hybridized carbons (Fsp3) is 0.355. The minimum atomic E-state index is -0.870. The SMILES string of the molecule is O=C(Cc1ccccc1)N(Cc1ccccc1)C1(C(=O)Nc2ccc(N3CCOCC3)cc2)CCCC1. The molecular formula is C31H35N3O3. The summed E-state index contributed by atoms with van der Waals surface area (Å²) in [5.41, 5.74) is 2.99. The van der Waals surface area contributed by atoms with E-state index in [-0.39, 0.29) is 18.2 Å². The van der Waals surface area contributed by atoms with Crippen molar-refractivity contribution in [3.05, 3.63) is 96.1 Å². The first-order chi connectivity index (χ1) is 18.1. The van der Waals surface area contributed by atoms with Crippen LogP contribution in [0.25, 0.3) is 0 Å². The second-order valence-electron chi connectivity index (χ2n) is 9.97. The molecule has 6 nitrogen and oxygen atoms in total. The lowest BCUT2D eigenvalue weighted by Gasteiger charge is -2.40. The maximum absolute atomic E-state index is 14.0. The minimum Gasteiger partial charge on any atom is -0.378 e. The van der Waals surface area contributed by atoms with Gasteiger partial charge in [-0.2, -0.15) is 0 Å². The highest BCUT2D eigenvalue weighted by Crippen LogP contribution is 2.38. The van der Waals surface area contributed by atoms with Crippen molar-refractivity contribution in [2.75, 3.05) is 36.5 Å². The highest BCUT2D eigenvalue weighted by atomic mass is 16.5. The Morgan fingerprint density at radius 2 is 1.41 bits per heavy atom. The Hall–Kier alpha value is -3.64. The smallest absolute Gasteiger partial charge is 0.250 e. The Bertz CT molecular complexity index is 1170. The fourth-order valence-electron chi connectivity index (χ4n) is 5.51. The zero-order valence-electron chi connectivity index (χ0n) is 21.3. The number of carbonyl (C=O) groups excluding carboxylic acids is 2. The van der Waals surface area contributed by atoms with Gasteiger partial charge in [0.25, 0.3) is 0 Å². The fourth-order valence-corrected chi connectivity index (χ4v) is 5.51. The monoisotopic (exact) mass is 497 g/mol. The summed E-state index contributed by atoms with van der Waals surface area (Å²) in [5.74, 6) is -0.115. The molecule has 1 saturated carbocycles. The third-order valence-electron chi connectivity index (χ3n) is 7.55. The van der Waals surface area contributed by atoms with Gasteiger partial charge in [-0.25, -0.2) is 0 Å². The minimum absolute atomic E-state index is 0.0187. The second-order valence-corrected chi connectivity index (χ2v) is 9.97. The predicted molar refractivity (Wildman–Crippen MR) is 146 cm³/mol. The number of hydrogen-bond donors (Lipinski definition) is 1. The van der Waals surface area contributed by atoms with Gasteiger partial charge in [-0.1, -0.05) is 73.5 Å². The molecule has 0 radical (unpaired) electrons. The van der Waals surface area contributed by atoms with Crippen LogP contribution in [0, 0.1) is 0 Å². The average molecular weight is 498 g/mol. The number of morpholine rings is 1. The molecule has 6 heteroatoms. The van der Waals surface area contributed by atoms with Crippen LogP contribution in [0.1, 0.15) is 36.8 Å². The number of benzene rings is 3. The number of nitrogens with zero attached hydrogens (tertiary/aromatic N) is 2. The van der Waals surface area contributed by atoms with Gasteiger partial charge < -0.3 is 19.9 Å². The lowest BCUT2D eigenvalue weighted by Crippen LogP contribution is -2.57. The number of hydrogen-bond acceptors (Lipinski definition) is 4. The van der Waals surface area contributed by atoms with Crippen molar-refractivity contribution in [2.24, 2.45) is 0 Å². The molecule has 0 unspecified atom stereocenters. The first-order valence-electron chi connectivity index (χ1n) is 13.3. The molecule has 0 aromatic heterocycles. The van der Waals surface area contributed by atoms with Crippen molar-refractivity contribution in [1.82, 2.24) is 4.90 Å². The van der Waals surface area contributed by atoms with Crippen molar-refractivity contribution in [1.29, 1.82) is 0 Å². The van der Waals surface area contributed by atoms with E-state index in [0.717, 1.165) is 61.6 Å². The molecule has 0 spiro atoms. The lowest BCUT2D eigenvalue weighted by molar-refractivity contribution is -0.145. The molecule has 0 atom stereocenters. The van der Waals surface area contributed by atoms with E-state index in [9.17, 15) is 9.59 Å².